The Kier molecular flexibility index (Phi) is 7.63. The van der Waals surface area contributed by atoms with E-state index in [4.69, 9.17) is 32.7 Å². The van der Waals surface area contributed by atoms with Crippen LogP contribution in [0.3, 0.4) is 0 Å². The molecule has 0 aliphatic heterocycles. The van der Waals surface area contributed by atoms with E-state index in [1.165, 1.54) is 24.9 Å². The first-order valence-corrected chi connectivity index (χ1v) is 10.6. The van der Waals surface area contributed by atoms with Gasteiger partial charge in [0.1, 0.15) is 5.75 Å². The average molecular weight is 447 g/mol. The molecule has 1 aromatic carbocycles. The van der Waals surface area contributed by atoms with Crippen LogP contribution in [0.25, 0.3) is 0 Å². The molecule has 27 heavy (non-hydrogen) atoms. The SMILES string of the molecule is COC(=O)C(C(=O)C(C)(C)SCc1ccc(OC)cc1)c1sc(Cl)cc1Cl. The number of thioether (sulfide) groups is 1. The zero-order chi connectivity index (χ0) is 20.2. The van der Waals surface area contributed by atoms with Gasteiger partial charge in [0, 0.05) is 10.6 Å². The van der Waals surface area contributed by atoms with Gasteiger partial charge in [-0.2, -0.15) is 0 Å². The van der Waals surface area contributed by atoms with Crippen LogP contribution in [0, 0.1) is 0 Å². The lowest BCUT2D eigenvalue weighted by molar-refractivity contribution is -0.146. The molecule has 0 saturated heterocycles. The lowest BCUT2D eigenvalue weighted by atomic mass is 9.93. The Bertz CT molecular complexity index is 816. The van der Waals surface area contributed by atoms with E-state index in [0.717, 1.165) is 22.6 Å². The smallest absolute Gasteiger partial charge is 0.321 e. The van der Waals surface area contributed by atoms with E-state index >= 15 is 0 Å². The Labute approximate surface area is 177 Å². The van der Waals surface area contributed by atoms with Gasteiger partial charge in [-0.25, -0.2) is 0 Å². The molecule has 0 bridgehead atoms. The Morgan fingerprint density at radius 3 is 2.30 bits per heavy atom. The molecule has 0 aliphatic carbocycles. The van der Waals surface area contributed by atoms with Gasteiger partial charge in [0.25, 0.3) is 0 Å². The van der Waals surface area contributed by atoms with Crippen molar-refractivity contribution in [2.75, 3.05) is 14.2 Å². The van der Waals surface area contributed by atoms with Gasteiger partial charge in [-0.15, -0.1) is 23.1 Å². The predicted octanol–water partition coefficient (Wildman–Crippen LogP) is 5.60. The highest BCUT2D eigenvalue weighted by atomic mass is 35.5. The number of hydrogen-bond acceptors (Lipinski definition) is 6. The van der Waals surface area contributed by atoms with E-state index in [1.54, 1.807) is 21.0 Å². The summed E-state index contributed by atoms with van der Waals surface area (Å²) in [6, 6.07) is 9.16. The fraction of sp³-hybridized carbons (Fsp3) is 0.368. The maximum atomic E-state index is 13.2. The zero-order valence-corrected chi connectivity index (χ0v) is 18.5. The van der Waals surface area contributed by atoms with Crippen LogP contribution in [0.5, 0.6) is 5.75 Å². The summed E-state index contributed by atoms with van der Waals surface area (Å²) in [6.07, 6.45) is 0. The molecule has 1 atom stereocenters. The second-order valence-electron chi connectivity index (χ2n) is 6.23. The summed E-state index contributed by atoms with van der Waals surface area (Å²) in [7, 11) is 2.86. The lowest BCUT2D eigenvalue weighted by Crippen LogP contribution is -2.37. The highest BCUT2D eigenvalue weighted by Crippen LogP contribution is 2.41. The van der Waals surface area contributed by atoms with Gasteiger partial charge >= 0.3 is 5.97 Å². The first kappa shape index (κ1) is 22.1. The van der Waals surface area contributed by atoms with Crippen LogP contribution >= 0.6 is 46.3 Å². The molecular formula is C19H20Cl2O4S2. The second kappa shape index (κ2) is 9.32. The molecule has 0 saturated carbocycles. The van der Waals surface area contributed by atoms with Gasteiger partial charge in [0.2, 0.25) is 0 Å². The standard InChI is InChI=1S/C19H20Cl2O4S2/c1-19(2,26-10-11-5-7-12(24-3)8-6-11)17(22)15(18(23)25-4)16-13(20)9-14(21)27-16/h5-9,15H,10H2,1-4H3. The van der Waals surface area contributed by atoms with Gasteiger partial charge in [-0.3, -0.25) is 9.59 Å². The summed E-state index contributed by atoms with van der Waals surface area (Å²) >= 11 is 14.7. The number of esters is 1. The molecule has 1 unspecified atom stereocenters. The number of ether oxygens (including phenoxy) is 2. The molecule has 2 aromatic rings. The van der Waals surface area contributed by atoms with E-state index in [-0.39, 0.29) is 5.78 Å². The minimum atomic E-state index is -1.10. The summed E-state index contributed by atoms with van der Waals surface area (Å²) in [4.78, 5) is 26.0. The van der Waals surface area contributed by atoms with Crippen molar-refractivity contribution in [3.63, 3.8) is 0 Å². The number of hydrogen-bond donors (Lipinski definition) is 0. The summed E-state index contributed by atoms with van der Waals surface area (Å²) in [5, 5.41) is 0.296. The quantitative estimate of drug-likeness (QED) is 0.390. The minimum absolute atomic E-state index is 0.270. The van der Waals surface area contributed by atoms with Crippen molar-refractivity contribution in [1.82, 2.24) is 0 Å². The maximum absolute atomic E-state index is 13.2. The van der Waals surface area contributed by atoms with Crippen LogP contribution in [-0.2, 0) is 20.1 Å². The summed E-state index contributed by atoms with van der Waals surface area (Å²) in [5.74, 6) is -0.630. The first-order valence-electron chi connectivity index (χ1n) is 8.03. The molecule has 0 radical (unpaired) electrons. The minimum Gasteiger partial charge on any atom is -0.497 e. The number of rotatable bonds is 8. The summed E-state index contributed by atoms with van der Waals surface area (Å²) < 4.78 is 9.59. The normalized spacial score (nSPS) is 12.5. The first-order chi connectivity index (χ1) is 12.7. The highest BCUT2D eigenvalue weighted by molar-refractivity contribution is 8.00. The van der Waals surface area contributed by atoms with Crippen LogP contribution in [0.15, 0.2) is 30.3 Å². The number of Topliss-reactive ketones (excluding diaryl/α,β-unsaturated/α-hetero) is 1. The molecule has 2 rings (SSSR count). The molecule has 4 nitrogen and oxygen atoms in total. The molecule has 8 heteroatoms. The molecule has 0 fully saturated rings. The number of benzene rings is 1. The van der Waals surface area contributed by atoms with Crippen LogP contribution in [0.1, 0.15) is 30.2 Å². The molecule has 1 aromatic heterocycles. The van der Waals surface area contributed by atoms with Crippen molar-refractivity contribution >= 4 is 58.1 Å². The topological polar surface area (TPSA) is 52.6 Å². The summed E-state index contributed by atoms with van der Waals surface area (Å²) in [5.41, 5.74) is 1.05. The molecule has 0 amide bonds. The zero-order valence-electron chi connectivity index (χ0n) is 15.4. The third kappa shape index (κ3) is 5.41. The van der Waals surface area contributed by atoms with Gasteiger partial charge in [0.05, 0.1) is 28.3 Å². The molecule has 0 N–H and O–H groups in total. The fourth-order valence-corrected chi connectivity index (χ4v) is 5.06. The average Bonchev–Trinajstić information content (AvgIpc) is 2.98. The lowest BCUT2D eigenvalue weighted by Gasteiger charge is -2.26. The highest BCUT2D eigenvalue weighted by Gasteiger charge is 2.41. The van der Waals surface area contributed by atoms with Crippen LogP contribution in [-0.4, -0.2) is 30.7 Å². The second-order valence-corrected chi connectivity index (χ2v) is 9.95. The Morgan fingerprint density at radius 1 is 1.19 bits per heavy atom. The van der Waals surface area contributed by atoms with E-state index in [0.29, 0.717) is 20.0 Å². The van der Waals surface area contributed by atoms with E-state index in [2.05, 4.69) is 0 Å². The van der Waals surface area contributed by atoms with Gasteiger partial charge in [-0.1, -0.05) is 35.3 Å². The third-order valence-corrected chi connectivity index (χ3v) is 7.15. The van der Waals surface area contributed by atoms with Crippen molar-refractivity contribution in [3.05, 3.63) is 50.1 Å². The fourth-order valence-electron chi connectivity index (χ4n) is 2.41. The number of methoxy groups -OCH3 is 2. The predicted molar refractivity (Wildman–Crippen MR) is 112 cm³/mol. The Morgan fingerprint density at radius 2 is 1.81 bits per heavy atom. The van der Waals surface area contributed by atoms with Crippen molar-refractivity contribution < 1.29 is 19.1 Å². The van der Waals surface area contributed by atoms with Crippen molar-refractivity contribution in [1.29, 1.82) is 0 Å². The Hall–Kier alpha value is -1.21. The van der Waals surface area contributed by atoms with E-state index < -0.39 is 16.6 Å². The van der Waals surface area contributed by atoms with E-state index in [1.807, 2.05) is 24.3 Å². The number of ketones is 1. The molecular weight excluding hydrogens is 427 g/mol. The van der Waals surface area contributed by atoms with Crippen LogP contribution in [0.4, 0.5) is 0 Å². The van der Waals surface area contributed by atoms with Crippen molar-refractivity contribution in [3.8, 4) is 5.75 Å². The largest absolute Gasteiger partial charge is 0.497 e. The third-order valence-electron chi connectivity index (χ3n) is 4.00. The Balaban J connectivity index is 2.21. The number of halogens is 2. The molecule has 0 spiro atoms. The van der Waals surface area contributed by atoms with Gasteiger partial charge < -0.3 is 9.47 Å². The van der Waals surface area contributed by atoms with Crippen LogP contribution < -0.4 is 4.74 Å². The van der Waals surface area contributed by atoms with E-state index in [9.17, 15) is 9.59 Å². The van der Waals surface area contributed by atoms with Crippen LogP contribution in [0.2, 0.25) is 9.36 Å². The van der Waals surface area contributed by atoms with Gasteiger partial charge in [-0.05, 0) is 37.6 Å². The molecule has 0 aliphatic rings. The number of carbonyl (C=O) groups is 2. The van der Waals surface area contributed by atoms with Gasteiger partial charge in [0.15, 0.2) is 11.7 Å². The maximum Gasteiger partial charge on any atom is 0.321 e. The number of thiophene rings is 1. The summed E-state index contributed by atoms with van der Waals surface area (Å²) in [6.45, 7) is 3.59. The molecule has 1 heterocycles. The number of carbonyl (C=O) groups excluding carboxylic acids is 2. The van der Waals surface area contributed by atoms with Crippen molar-refractivity contribution in [2.45, 2.75) is 30.3 Å². The molecule has 146 valence electrons. The monoisotopic (exact) mass is 446 g/mol. The van der Waals surface area contributed by atoms with Crippen molar-refractivity contribution in [2.24, 2.45) is 0 Å².